The summed E-state index contributed by atoms with van der Waals surface area (Å²) in [5.41, 5.74) is 0. The van der Waals surface area contributed by atoms with Crippen LogP contribution in [0.4, 0.5) is 0 Å². The van der Waals surface area contributed by atoms with E-state index in [0.717, 1.165) is 63.7 Å². The number of hydrogen-bond donors (Lipinski definition) is 1. The molecular weight excluding hydrogens is 218 g/mol. The number of aromatic nitrogens is 2. The summed E-state index contributed by atoms with van der Waals surface area (Å²) in [5.74, 6) is 2.62. The maximum atomic E-state index is 5.43. The molecule has 1 N–H and O–H groups in total. The average molecular weight is 237 g/mol. The molecule has 2 aliphatic rings. The number of nitrogens with zero attached hydrogens (tertiary/aromatic N) is 2. The van der Waals surface area contributed by atoms with Crippen molar-refractivity contribution in [2.45, 2.75) is 37.5 Å². The quantitative estimate of drug-likeness (QED) is 0.843. The van der Waals surface area contributed by atoms with Crippen molar-refractivity contribution in [2.75, 3.05) is 26.3 Å². The first-order chi connectivity index (χ1) is 8.43. The number of rotatable bonds is 2. The molecule has 0 aromatic carbocycles. The molecule has 2 aliphatic heterocycles. The van der Waals surface area contributed by atoms with Gasteiger partial charge in [0.25, 0.3) is 0 Å². The molecule has 2 fully saturated rings. The van der Waals surface area contributed by atoms with Crippen LogP contribution in [-0.4, -0.2) is 36.4 Å². The fourth-order valence-electron chi connectivity index (χ4n) is 2.60. The monoisotopic (exact) mass is 237 g/mol. The summed E-state index contributed by atoms with van der Waals surface area (Å²) in [6, 6.07) is 0. The van der Waals surface area contributed by atoms with Crippen LogP contribution < -0.4 is 5.32 Å². The molecule has 0 amide bonds. The van der Waals surface area contributed by atoms with E-state index in [4.69, 9.17) is 9.26 Å². The van der Waals surface area contributed by atoms with Gasteiger partial charge in [0.1, 0.15) is 0 Å². The Bertz CT molecular complexity index is 322. The summed E-state index contributed by atoms with van der Waals surface area (Å²) in [6.07, 6.45) is 4.25. The van der Waals surface area contributed by atoms with Crippen LogP contribution in [0.1, 0.15) is 49.2 Å². The highest BCUT2D eigenvalue weighted by atomic mass is 16.5. The van der Waals surface area contributed by atoms with Gasteiger partial charge in [-0.15, -0.1) is 0 Å². The van der Waals surface area contributed by atoms with Gasteiger partial charge in [-0.1, -0.05) is 5.16 Å². The Labute approximate surface area is 101 Å². The van der Waals surface area contributed by atoms with Gasteiger partial charge in [-0.3, -0.25) is 0 Å². The normalized spacial score (nSPS) is 24.0. The van der Waals surface area contributed by atoms with Crippen molar-refractivity contribution in [1.29, 1.82) is 0 Å². The molecule has 94 valence electrons. The van der Waals surface area contributed by atoms with Gasteiger partial charge in [0.05, 0.1) is 0 Å². The second kappa shape index (κ2) is 5.14. The first-order valence-electron chi connectivity index (χ1n) is 6.55. The van der Waals surface area contributed by atoms with Crippen molar-refractivity contribution in [3.8, 4) is 0 Å². The van der Waals surface area contributed by atoms with Gasteiger partial charge in [-0.05, 0) is 38.8 Å². The standard InChI is InChI=1S/C12H19N3O2/c1-5-13-6-2-10(1)12-14-11(15-17-12)9-3-7-16-8-4-9/h9-10,13H,1-8H2. The fraction of sp³-hybridized carbons (Fsp3) is 0.833. The lowest BCUT2D eigenvalue weighted by Crippen LogP contribution is -2.26. The van der Waals surface area contributed by atoms with Crippen LogP contribution in [0.2, 0.25) is 0 Å². The molecule has 1 aromatic heterocycles. The van der Waals surface area contributed by atoms with Crippen LogP contribution in [0, 0.1) is 0 Å². The smallest absolute Gasteiger partial charge is 0.229 e. The van der Waals surface area contributed by atoms with Gasteiger partial charge in [0, 0.05) is 25.0 Å². The summed E-state index contributed by atoms with van der Waals surface area (Å²) in [6.45, 7) is 3.75. The van der Waals surface area contributed by atoms with E-state index in [0.29, 0.717) is 11.8 Å². The van der Waals surface area contributed by atoms with Crippen molar-refractivity contribution in [1.82, 2.24) is 15.5 Å². The molecule has 0 saturated carbocycles. The van der Waals surface area contributed by atoms with Gasteiger partial charge in [0.2, 0.25) is 5.89 Å². The average Bonchev–Trinajstić information content (AvgIpc) is 2.90. The van der Waals surface area contributed by atoms with Crippen molar-refractivity contribution in [2.24, 2.45) is 0 Å². The Kier molecular flexibility index (Phi) is 3.38. The third kappa shape index (κ3) is 2.50. The fourth-order valence-corrected chi connectivity index (χ4v) is 2.60. The van der Waals surface area contributed by atoms with Crippen LogP contribution >= 0.6 is 0 Å². The number of hydrogen-bond acceptors (Lipinski definition) is 5. The second-order valence-corrected chi connectivity index (χ2v) is 4.90. The molecule has 0 unspecified atom stereocenters. The van der Waals surface area contributed by atoms with Crippen molar-refractivity contribution in [3.05, 3.63) is 11.7 Å². The van der Waals surface area contributed by atoms with Crippen molar-refractivity contribution >= 4 is 0 Å². The minimum absolute atomic E-state index is 0.433. The van der Waals surface area contributed by atoms with Gasteiger partial charge >= 0.3 is 0 Å². The number of piperidine rings is 1. The van der Waals surface area contributed by atoms with Gasteiger partial charge in [-0.25, -0.2) is 0 Å². The van der Waals surface area contributed by atoms with Crippen LogP contribution in [0.5, 0.6) is 0 Å². The Morgan fingerprint density at radius 3 is 2.53 bits per heavy atom. The Balaban J connectivity index is 1.68. The van der Waals surface area contributed by atoms with E-state index in [9.17, 15) is 0 Å². The van der Waals surface area contributed by atoms with E-state index < -0.39 is 0 Å². The lowest BCUT2D eigenvalue weighted by Gasteiger charge is -2.19. The maximum absolute atomic E-state index is 5.43. The molecule has 2 saturated heterocycles. The zero-order chi connectivity index (χ0) is 11.5. The molecule has 0 aliphatic carbocycles. The third-order valence-electron chi connectivity index (χ3n) is 3.73. The SMILES string of the molecule is C1CC(c2nc(C3CCOCC3)no2)CCN1. The summed E-state index contributed by atoms with van der Waals surface area (Å²) in [7, 11) is 0. The van der Waals surface area contributed by atoms with Crippen molar-refractivity contribution < 1.29 is 9.26 Å². The lowest BCUT2D eigenvalue weighted by atomic mass is 9.97. The molecule has 0 bridgehead atoms. The number of nitrogens with one attached hydrogen (secondary N) is 1. The highest BCUT2D eigenvalue weighted by Crippen LogP contribution is 2.28. The largest absolute Gasteiger partial charge is 0.381 e. The number of ether oxygens (including phenoxy) is 1. The van der Waals surface area contributed by atoms with Crippen LogP contribution in [0.3, 0.4) is 0 Å². The molecule has 5 nitrogen and oxygen atoms in total. The minimum atomic E-state index is 0.433. The van der Waals surface area contributed by atoms with Gasteiger partial charge in [0.15, 0.2) is 5.82 Å². The van der Waals surface area contributed by atoms with Crippen LogP contribution in [0.25, 0.3) is 0 Å². The maximum Gasteiger partial charge on any atom is 0.229 e. The zero-order valence-electron chi connectivity index (χ0n) is 10.0. The lowest BCUT2D eigenvalue weighted by molar-refractivity contribution is 0.0830. The summed E-state index contributed by atoms with van der Waals surface area (Å²) >= 11 is 0. The first kappa shape index (κ1) is 11.2. The van der Waals surface area contributed by atoms with Gasteiger partial charge < -0.3 is 14.6 Å². The zero-order valence-corrected chi connectivity index (χ0v) is 10.0. The molecule has 0 radical (unpaired) electrons. The Morgan fingerprint density at radius 1 is 1.00 bits per heavy atom. The third-order valence-corrected chi connectivity index (χ3v) is 3.73. The molecular formula is C12H19N3O2. The summed E-state index contributed by atoms with van der Waals surface area (Å²) < 4.78 is 10.8. The molecule has 3 heterocycles. The first-order valence-corrected chi connectivity index (χ1v) is 6.55. The Morgan fingerprint density at radius 2 is 1.76 bits per heavy atom. The topological polar surface area (TPSA) is 60.2 Å². The van der Waals surface area contributed by atoms with Crippen LogP contribution in [-0.2, 0) is 4.74 Å². The highest BCUT2D eigenvalue weighted by Gasteiger charge is 2.25. The highest BCUT2D eigenvalue weighted by molar-refractivity contribution is 5.01. The predicted molar refractivity (Wildman–Crippen MR) is 61.9 cm³/mol. The van der Waals surface area contributed by atoms with E-state index in [-0.39, 0.29) is 0 Å². The van der Waals surface area contributed by atoms with E-state index in [1.807, 2.05) is 0 Å². The van der Waals surface area contributed by atoms with E-state index in [1.165, 1.54) is 0 Å². The summed E-state index contributed by atoms with van der Waals surface area (Å²) in [5, 5.41) is 7.50. The van der Waals surface area contributed by atoms with E-state index >= 15 is 0 Å². The second-order valence-electron chi connectivity index (χ2n) is 4.90. The van der Waals surface area contributed by atoms with Crippen LogP contribution in [0.15, 0.2) is 4.52 Å². The van der Waals surface area contributed by atoms with Crippen molar-refractivity contribution in [3.63, 3.8) is 0 Å². The molecule has 5 heteroatoms. The molecule has 1 aromatic rings. The predicted octanol–water partition coefficient (Wildman–Crippen LogP) is 1.43. The molecule has 17 heavy (non-hydrogen) atoms. The molecule has 0 spiro atoms. The molecule has 3 rings (SSSR count). The Hall–Kier alpha value is -0.940. The van der Waals surface area contributed by atoms with E-state index in [2.05, 4.69) is 15.5 Å². The van der Waals surface area contributed by atoms with Gasteiger partial charge in [-0.2, -0.15) is 4.98 Å². The molecule has 0 atom stereocenters. The minimum Gasteiger partial charge on any atom is -0.381 e. The van der Waals surface area contributed by atoms with E-state index in [1.54, 1.807) is 0 Å². The summed E-state index contributed by atoms with van der Waals surface area (Å²) in [4.78, 5) is 4.60.